The van der Waals surface area contributed by atoms with Gasteiger partial charge in [0.25, 0.3) is 0 Å². The molecule has 110 valence electrons. The number of hydrogen-bond donors (Lipinski definition) is 1. The van der Waals surface area contributed by atoms with E-state index in [4.69, 9.17) is 0 Å². The first-order valence-corrected chi connectivity index (χ1v) is 8.30. The number of benzene rings is 1. The summed E-state index contributed by atoms with van der Waals surface area (Å²) in [6.07, 6.45) is 14.8. The summed E-state index contributed by atoms with van der Waals surface area (Å²) in [4.78, 5) is 8.72. The third-order valence-corrected chi connectivity index (χ3v) is 5.55. The van der Waals surface area contributed by atoms with Crippen LogP contribution in [0.2, 0.25) is 0 Å². The SMILES string of the molecule is c1cnc2cc(NC3CCC4(CCCC4)CC3)ccc2n1. The number of fused-ring (bicyclic) bond motifs is 1. The minimum atomic E-state index is 0.630. The smallest absolute Gasteiger partial charge is 0.0907 e. The summed E-state index contributed by atoms with van der Waals surface area (Å²) in [6, 6.07) is 6.95. The molecule has 0 saturated heterocycles. The molecule has 21 heavy (non-hydrogen) atoms. The molecule has 1 spiro atoms. The van der Waals surface area contributed by atoms with E-state index in [1.807, 2.05) is 0 Å². The van der Waals surface area contributed by atoms with Crippen molar-refractivity contribution in [3.05, 3.63) is 30.6 Å². The van der Waals surface area contributed by atoms with Crippen LogP contribution in [0.15, 0.2) is 30.6 Å². The number of rotatable bonds is 2. The van der Waals surface area contributed by atoms with E-state index >= 15 is 0 Å². The number of aromatic nitrogens is 2. The molecule has 1 heterocycles. The van der Waals surface area contributed by atoms with Gasteiger partial charge in [-0.25, -0.2) is 0 Å². The molecule has 1 aromatic carbocycles. The lowest BCUT2D eigenvalue weighted by Gasteiger charge is -2.37. The Morgan fingerprint density at radius 1 is 0.905 bits per heavy atom. The summed E-state index contributed by atoms with van der Waals surface area (Å²) in [5, 5.41) is 3.71. The van der Waals surface area contributed by atoms with Gasteiger partial charge in [0.05, 0.1) is 11.0 Å². The Morgan fingerprint density at radius 2 is 1.62 bits per heavy atom. The van der Waals surface area contributed by atoms with Gasteiger partial charge in [0.1, 0.15) is 0 Å². The highest BCUT2D eigenvalue weighted by molar-refractivity contribution is 5.78. The number of hydrogen-bond acceptors (Lipinski definition) is 3. The Bertz CT molecular complexity index is 621. The molecule has 0 amide bonds. The van der Waals surface area contributed by atoms with Crippen LogP contribution < -0.4 is 5.32 Å². The summed E-state index contributed by atoms with van der Waals surface area (Å²) in [5.74, 6) is 0. The fraction of sp³-hybridized carbons (Fsp3) is 0.556. The van der Waals surface area contributed by atoms with Crippen molar-refractivity contribution in [2.24, 2.45) is 5.41 Å². The molecule has 0 atom stereocenters. The predicted molar refractivity (Wildman–Crippen MR) is 86.3 cm³/mol. The second-order valence-corrected chi connectivity index (χ2v) is 6.89. The topological polar surface area (TPSA) is 37.8 Å². The second kappa shape index (κ2) is 5.28. The van der Waals surface area contributed by atoms with Crippen molar-refractivity contribution in [2.45, 2.75) is 57.4 Å². The van der Waals surface area contributed by atoms with Gasteiger partial charge in [-0.3, -0.25) is 9.97 Å². The molecular formula is C18H23N3. The second-order valence-electron chi connectivity index (χ2n) is 6.89. The van der Waals surface area contributed by atoms with Gasteiger partial charge in [-0.05, 0) is 62.1 Å². The van der Waals surface area contributed by atoms with E-state index < -0.39 is 0 Å². The molecule has 3 heteroatoms. The minimum absolute atomic E-state index is 0.630. The summed E-state index contributed by atoms with van der Waals surface area (Å²) >= 11 is 0. The van der Waals surface area contributed by atoms with E-state index in [2.05, 4.69) is 33.5 Å². The molecule has 4 rings (SSSR count). The van der Waals surface area contributed by atoms with Gasteiger partial charge in [0.15, 0.2) is 0 Å². The summed E-state index contributed by atoms with van der Waals surface area (Å²) in [7, 11) is 0. The lowest BCUT2D eigenvalue weighted by atomic mass is 9.71. The molecule has 2 saturated carbocycles. The van der Waals surface area contributed by atoms with Crippen molar-refractivity contribution in [1.29, 1.82) is 0 Å². The van der Waals surface area contributed by atoms with Crippen LogP contribution in [0.4, 0.5) is 5.69 Å². The molecule has 0 unspecified atom stereocenters. The lowest BCUT2D eigenvalue weighted by Crippen LogP contribution is -2.31. The van der Waals surface area contributed by atoms with Crippen LogP contribution >= 0.6 is 0 Å². The van der Waals surface area contributed by atoms with Crippen molar-refractivity contribution in [3.63, 3.8) is 0 Å². The fourth-order valence-corrected chi connectivity index (χ4v) is 4.29. The van der Waals surface area contributed by atoms with E-state index in [9.17, 15) is 0 Å². The first-order valence-electron chi connectivity index (χ1n) is 8.30. The van der Waals surface area contributed by atoms with E-state index in [1.165, 1.54) is 57.1 Å². The molecule has 2 fully saturated rings. The third-order valence-electron chi connectivity index (χ3n) is 5.55. The maximum atomic E-state index is 4.39. The maximum absolute atomic E-state index is 4.39. The Kier molecular flexibility index (Phi) is 3.28. The molecule has 0 bridgehead atoms. The zero-order valence-corrected chi connectivity index (χ0v) is 12.5. The van der Waals surface area contributed by atoms with Gasteiger partial charge < -0.3 is 5.32 Å². The van der Waals surface area contributed by atoms with Crippen LogP contribution in [0.3, 0.4) is 0 Å². The average Bonchev–Trinajstić information content (AvgIpc) is 2.98. The summed E-state index contributed by atoms with van der Waals surface area (Å²) < 4.78 is 0. The molecule has 0 radical (unpaired) electrons. The van der Waals surface area contributed by atoms with Gasteiger partial charge in [-0.1, -0.05) is 12.8 Å². The fourth-order valence-electron chi connectivity index (χ4n) is 4.29. The van der Waals surface area contributed by atoms with Crippen LogP contribution in [0, 0.1) is 5.41 Å². The minimum Gasteiger partial charge on any atom is -0.382 e. The number of nitrogens with one attached hydrogen (secondary N) is 1. The van der Waals surface area contributed by atoms with Gasteiger partial charge in [0, 0.05) is 24.1 Å². The molecule has 1 aromatic heterocycles. The van der Waals surface area contributed by atoms with Crippen LogP contribution in [0.25, 0.3) is 11.0 Å². The highest BCUT2D eigenvalue weighted by Crippen LogP contribution is 2.49. The van der Waals surface area contributed by atoms with Crippen molar-refractivity contribution in [1.82, 2.24) is 9.97 Å². The van der Waals surface area contributed by atoms with Gasteiger partial charge in [0.2, 0.25) is 0 Å². The third kappa shape index (κ3) is 2.61. The average molecular weight is 281 g/mol. The van der Waals surface area contributed by atoms with E-state index in [1.54, 1.807) is 12.4 Å². The Labute approximate surface area is 126 Å². The first kappa shape index (κ1) is 13.1. The lowest BCUT2D eigenvalue weighted by molar-refractivity contribution is 0.188. The Morgan fingerprint density at radius 3 is 2.38 bits per heavy atom. The van der Waals surface area contributed by atoms with Crippen LogP contribution in [0.1, 0.15) is 51.4 Å². The Hall–Kier alpha value is -1.64. The zero-order valence-electron chi connectivity index (χ0n) is 12.5. The Balaban J connectivity index is 1.43. The summed E-state index contributed by atoms with van der Waals surface area (Å²) in [6.45, 7) is 0. The zero-order chi connectivity index (χ0) is 14.1. The highest BCUT2D eigenvalue weighted by atomic mass is 14.9. The normalized spacial score (nSPS) is 21.9. The first-order chi connectivity index (χ1) is 10.3. The maximum Gasteiger partial charge on any atom is 0.0907 e. The number of anilines is 1. The largest absolute Gasteiger partial charge is 0.382 e. The molecule has 1 N–H and O–H groups in total. The van der Waals surface area contributed by atoms with E-state index in [-0.39, 0.29) is 0 Å². The molecule has 0 aliphatic heterocycles. The van der Waals surface area contributed by atoms with Crippen LogP contribution in [0.5, 0.6) is 0 Å². The van der Waals surface area contributed by atoms with Gasteiger partial charge in [-0.15, -0.1) is 0 Å². The molecule has 2 aliphatic carbocycles. The molecule has 2 aromatic rings. The predicted octanol–water partition coefficient (Wildman–Crippen LogP) is 4.54. The van der Waals surface area contributed by atoms with Gasteiger partial charge >= 0.3 is 0 Å². The highest BCUT2D eigenvalue weighted by Gasteiger charge is 2.37. The molecule has 3 nitrogen and oxygen atoms in total. The summed E-state index contributed by atoms with van der Waals surface area (Å²) in [5.41, 5.74) is 3.85. The van der Waals surface area contributed by atoms with Gasteiger partial charge in [-0.2, -0.15) is 0 Å². The standard InChI is InChI=1S/C18H23N3/c1-2-8-18(7-1)9-5-14(6-10-18)21-15-3-4-16-17(13-15)20-12-11-19-16/h3-4,11-14,21H,1-2,5-10H2. The van der Waals surface area contributed by atoms with Crippen molar-refractivity contribution < 1.29 is 0 Å². The van der Waals surface area contributed by atoms with E-state index in [0.29, 0.717) is 11.5 Å². The van der Waals surface area contributed by atoms with Crippen molar-refractivity contribution in [2.75, 3.05) is 5.32 Å². The quantitative estimate of drug-likeness (QED) is 0.878. The van der Waals surface area contributed by atoms with Crippen LogP contribution in [-0.2, 0) is 0 Å². The van der Waals surface area contributed by atoms with Crippen LogP contribution in [-0.4, -0.2) is 16.0 Å². The number of nitrogens with zero attached hydrogens (tertiary/aromatic N) is 2. The molecular weight excluding hydrogens is 258 g/mol. The monoisotopic (exact) mass is 281 g/mol. The van der Waals surface area contributed by atoms with E-state index in [0.717, 1.165) is 11.0 Å². The molecule has 2 aliphatic rings. The van der Waals surface area contributed by atoms with Crippen molar-refractivity contribution in [3.8, 4) is 0 Å². The van der Waals surface area contributed by atoms with Crippen molar-refractivity contribution >= 4 is 16.7 Å².